The Labute approximate surface area is 101 Å². The molecule has 4 nitrogen and oxygen atoms in total. The molecule has 2 aliphatic rings. The van der Waals surface area contributed by atoms with Gasteiger partial charge in [-0.3, -0.25) is 4.79 Å². The molecule has 90 valence electrons. The van der Waals surface area contributed by atoms with Gasteiger partial charge in [0.25, 0.3) is 0 Å². The Balaban J connectivity index is 1.72. The monoisotopic (exact) mass is 232 g/mol. The Morgan fingerprint density at radius 3 is 2.76 bits per heavy atom. The summed E-state index contributed by atoms with van der Waals surface area (Å²) in [5.74, 6) is 1.10. The molecule has 1 aromatic carbocycles. The number of carbonyl (C=O) groups excluding carboxylic acids is 1. The molecule has 2 aliphatic heterocycles. The zero-order valence-electron chi connectivity index (χ0n) is 9.85. The number of nitrogens with one attached hydrogen (secondary N) is 1. The van der Waals surface area contributed by atoms with Gasteiger partial charge in [0.15, 0.2) is 0 Å². The number of fused-ring (bicyclic) bond motifs is 2. The average molecular weight is 232 g/mol. The van der Waals surface area contributed by atoms with E-state index in [4.69, 9.17) is 4.74 Å². The summed E-state index contributed by atoms with van der Waals surface area (Å²) in [6, 6.07) is 8.36. The minimum absolute atomic E-state index is 0.0678. The largest absolute Gasteiger partial charge is 0.497 e. The van der Waals surface area contributed by atoms with E-state index in [1.165, 1.54) is 0 Å². The van der Waals surface area contributed by atoms with E-state index in [0.717, 1.165) is 24.3 Å². The molecular formula is C13H16N2O2. The fourth-order valence-corrected chi connectivity index (χ4v) is 2.66. The molecule has 2 atom stereocenters. The number of piperazine rings is 1. The molecule has 1 N–H and O–H groups in total. The Morgan fingerprint density at radius 1 is 1.41 bits per heavy atom. The van der Waals surface area contributed by atoms with E-state index >= 15 is 0 Å². The molecule has 3 rings (SSSR count). The molecule has 17 heavy (non-hydrogen) atoms. The lowest BCUT2D eigenvalue weighted by atomic mass is 10.2. The number of methoxy groups -OCH3 is 1. The van der Waals surface area contributed by atoms with Crippen LogP contribution in [0.5, 0.6) is 5.75 Å². The van der Waals surface area contributed by atoms with Crippen LogP contribution in [-0.2, 0) is 11.3 Å². The lowest BCUT2D eigenvalue weighted by Crippen LogP contribution is -2.47. The maximum atomic E-state index is 11.9. The van der Waals surface area contributed by atoms with Crippen LogP contribution in [0.3, 0.4) is 0 Å². The van der Waals surface area contributed by atoms with Crippen molar-refractivity contribution in [2.24, 2.45) is 0 Å². The molecule has 2 bridgehead atoms. The van der Waals surface area contributed by atoms with E-state index in [1.54, 1.807) is 7.11 Å². The zero-order chi connectivity index (χ0) is 11.8. The van der Waals surface area contributed by atoms with Gasteiger partial charge in [0.1, 0.15) is 5.75 Å². The number of carbonyl (C=O) groups is 1. The predicted molar refractivity (Wildman–Crippen MR) is 63.7 cm³/mol. The van der Waals surface area contributed by atoms with Crippen molar-refractivity contribution in [2.75, 3.05) is 13.7 Å². The van der Waals surface area contributed by atoms with Crippen LogP contribution in [0.2, 0.25) is 0 Å². The lowest BCUT2D eigenvalue weighted by molar-refractivity contribution is -0.132. The van der Waals surface area contributed by atoms with Crippen molar-refractivity contribution in [3.8, 4) is 5.75 Å². The highest BCUT2D eigenvalue weighted by Gasteiger charge is 2.44. The van der Waals surface area contributed by atoms with Gasteiger partial charge in [0, 0.05) is 19.1 Å². The number of rotatable bonds is 3. The minimum atomic E-state index is 0.0678. The van der Waals surface area contributed by atoms with Gasteiger partial charge in [-0.2, -0.15) is 0 Å². The number of hydrogen-bond donors (Lipinski definition) is 1. The van der Waals surface area contributed by atoms with Gasteiger partial charge in [0.2, 0.25) is 5.91 Å². The van der Waals surface area contributed by atoms with E-state index in [1.807, 2.05) is 29.2 Å². The Morgan fingerprint density at radius 2 is 2.18 bits per heavy atom. The number of hydrogen-bond acceptors (Lipinski definition) is 3. The molecule has 4 heteroatoms. The molecule has 0 unspecified atom stereocenters. The molecule has 0 saturated carbocycles. The fourth-order valence-electron chi connectivity index (χ4n) is 2.66. The number of ether oxygens (including phenoxy) is 1. The summed E-state index contributed by atoms with van der Waals surface area (Å²) in [6.07, 6.45) is 0.967. The van der Waals surface area contributed by atoms with Crippen LogP contribution in [0.4, 0.5) is 0 Å². The van der Waals surface area contributed by atoms with Crippen molar-refractivity contribution >= 4 is 5.91 Å². The van der Waals surface area contributed by atoms with E-state index in [-0.39, 0.29) is 11.9 Å². The van der Waals surface area contributed by atoms with E-state index in [9.17, 15) is 4.79 Å². The maximum absolute atomic E-state index is 11.9. The van der Waals surface area contributed by atoms with E-state index < -0.39 is 0 Å². The van der Waals surface area contributed by atoms with Crippen molar-refractivity contribution in [1.29, 1.82) is 0 Å². The smallest absolute Gasteiger partial charge is 0.240 e. The zero-order valence-corrected chi connectivity index (χ0v) is 9.85. The first-order valence-electron chi connectivity index (χ1n) is 5.95. The molecule has 1 aromatic rings. The van der Waals surface area contributed by atoms with Gasteiger partial charge in [0.05, 0.1) is 13.2 Å². The fraction of sp³-hybridized carbons (Fsp3) is 0.462. The summed E-state index contributed by atoms with van der Waals surface area (Å²) in [5.41, 5.74) is 1.16. The summed E-state index contributed by atoms with van der Waals surface area (Å²) in [7, 11) is 1.66. The predicted octanol–water partition coefficient (Wildman–Crippen LogP) is 0.768. The number of benzene rings is 1. The van der Waals surface area contributed by atoms with Gasteiger partial charge >= 0.3 is 0 Å². The molecule has 2 fully saturated rings. The molecule has 0 radical (unpaired) electrons. The topological polar surface area (TPSA) is 41.6 Å². The van der Waals surface area contributed by atoms with E-state index in [0.29, 0.717) is 12.6 Å². The number of likely N-dealkylation sites (tertiary alicyclic amines) is 1. The summed E-state index contributed by atoms with van der Waals surface area (Å²) in [4.78, 5) is 13.9. The molecule has 2 heterocycles. The standard InChI is InChI=1S/C13H16N2O2/c1-17-11-4-2-9(3-5-11)8-15-10-6-12(13(15)16)14-7-10/h2-5,10,12,14H,6-8H2,1H3/t10-,12-/m1/s1. The van der Waals surface area contributed by atoms with Gasteiger partial charge in [-0.25, -0.2) is 0 Å². The second kappa shape index (κ2) is 4.04. The quantitative estimate of drug-likeness (QED) is 0.837. The third kappa shape index (κ3) is 1.78. The molecule has 0 aromatic heterocycles. The van der Waals surface area contributed by atoms with Gasteiger partial charge in [-0.1, -0.05) is 12.1 Å². The van der Waals surface area contributed by atoms with Gasteiger partial charge in [-0.15, -0.1) is 0 Å². The maximum Gasteiger partial charge on any atom is 0.240 e. The third-order valence-corrected chi connectivity index (χ3v) is 3.64. The second-order valence-corrected chi connectivity index (χ2v) is 4.66. The van der Waals surface area contributed by atoms with Crippen LogP contribution in [0.25, 0.3) is 0 Å². The van der Waals surface area contributed by atoms with Crippen molar-refractivity contribution < 1.29 is 9.53 Å². The first-order chi connectivity index (χ1) is 8.28. The number of nitrogens with zero attached hydrogens (tertiary/aromatic N) is 1. The molecule has 2 saturated heterocycles. The highest BCUT2D eigenvalue weighted by Crippen LogP contribution is 2.26. The molecule has 1 amide bonds. The van der Waals surface area contributed by atoms with E-state index in [2.05, 4.69) is 5.32 Å². The van der Waals surface area contributed by atoms with Crippen LogP contribution in [0, 0.1) is 0 Å². The first kappa shape index (κ1) is 10.6. The molecule has 0 aliphatic carbocycles. The highest BCUT2D eigenvalue weighted by atomic mass is 16.5. The second-order valence-electron chi connectivity index (χ2n) is 4.66. The number of amides is 1. The normalized spacial score (nSPS) is 26.6. The van der Waals surface area contributed by atoms with Crippen LogP contribution in [0.15, 0.2) is 24.3 Å². The summed E-state index contributed by atoms with van der Waals surface area (Å²) >= 11 is 0. The Bertz CT molecular complexity index is 430. The van der Waals surface area contributed by atoms with Crippen LogP contribution in [-0.4, -0.2) is 36.5 Å². The summed E-state index contributed by atoms with van der Waals surface area (Å²) < 4.78 is 5.12. The Hall–Kier alpha value is -1.55. The Kier molecular flexibility index (Phi) is 2.52. The minimum Gasteiger partial charge on any atom is -0.497 e. The van der Waals surface area contributed by atoms with Crippen LogP contribution < -0.4 is 10.1 Å². The van der Waals surface area contributed by atoms with Crippen molar-refractivity contribution in [3.05, 3.63) is 29.8 Å². The van der Waals surface area contributed by atoms with Gasteiger partial charge < -0.3 is 15.0 Å². The van der Waals surface area contributed by atoms with Crippen molar-refractivity contribution in [1.82, 2.24) is 10.2 Å². The highest BCUT2D eigenvalue weighted by molar-refractivity contribution is 5.85. The lowest BCUT2D eigenvalue weighted by Gasteiger charge is -2.27. The SMILES string of the molecule is COc1ccc(CN2C(=O)[C@H]3C[C@@H]2CN3)cc1. The average Bonchev–Trinajstić information content (AvgIpc) is 2.94. The van der Waals surface area contributed by atoms with Gasteiger partial charge in [-0.05, 0) is 24.1 Å². The van der Waals surface area contributed by atoms with Crippen molar-refractivity contribution in [2.45, 2.75) is 25.0 Å². The third-order valence-electron chi connectivity index (χ3n) is 3.64. The summed E-state index contributed by atoms with van der Waals surface area (Å²) in [6.45, 7) is 1.65. The van der Waals surface area contributed by atoms with Crippen molar-refractivity contribution in [3.63, 3.8) is 0 Å². The first-order valence-corrected chi connectivity index (χ1v) is 5.95. The summed E-state index contributed by atoms with van der Waals surface area (Å²) in [5, 5.41) is 3.23. The molecule has 0 spiro atoms. The van der Waals surface area contributed by atoms with Crippen LogP contribution >= 0.6 is 0 Å². The van der Waals surface area contributed by atoms with Crippen LogP contribution in [0.1, 0.15) is 12.0 Å². The molecular weight excluding hydrogens is 216 g/mol.